The summed E-state index contributed by atoms with van der Waals surface area (Å²) in [6.07, 6.45) is 6.10. The van der Waals surface area contributed by atoms with E-state index in [0.717, 1.165) is 48.8 Å². The molecule has 1 spiro atoms. The van der Waals surface area contributed by atoms with Gasteiger partial charge in [-0.2, -0.15) is 0 Å². The second-order valence-electron chi connectivity index (χ2n) is 8.47. The predicted molar refractivity (Wildman–Crippen MR) is 132 cm³/mol. The molecule has 2 aliphatic rings. The summed E-state index contributed by atoms with van der Waals surface area (Å²) in [5, 5.41) is 0.970. The third-order valence-electron chi connectivity index (χ3n) is 6.84. The first-order valence-electron chi connectivity index (χ1n) is 10.8. The zero-order valence-corrected chi connectivity index (χ0v) is 19.9. The largest absolute Gasteiger partial charge is 0.496 e. The fourth-order valence-corrected chi connectivity index (χ4v) is 6.08. The molecule has 172 valence electrons. The first-order valence-corrected chi connectivity index (χ1v) is 12.0. The number of benzene rings is 1. The van der Waals surface area contributed by atoms with Crippen molar-refractivity contribution in [2.75, 3.05) is 36.6 Å². The molecule has 3 aromatic rings. The molecule has 1 aromatic carbocycles. The number of piperidine rings is 1. The molecule has 0 unspecified atom stereocenters. The summed E-state index contributed by atoms with van der Waals surface area (Å²) in [7, 11) is 1.72. The van der Waals surface area contributed by atoms with Crippen molar-refractivity contribution in [2.45, 2.75) is 40.6 Å². The lowest BCUT2D eigenvalue weighted by molar-refractivity contribution is 0.292. The first-order chi connectivity index (χ1) is 15.9. The van der Waals surface area contributed by atoms with Crippen LogP contribution < -0.4 is 26.8 Å². The zero-order chi connectivity index (χ0) is 23.2. The molecule has 0 bridgehead atoms. The Balaban J connectivity index is 1.33. The van der Waals surface area contributed by atoms with Crippen LogP contribution in [-0.4, -0.2) is 41.2 Å². The topological polar surface area (TPSA) is 129 Å². The number of nitrogen functional groups attached to an aromatic ring is 2. The number of fused-ring (bicyclic) bond motifs is 2. The minimum Gasteiger partial charge on any atom is -0.496 e. The van der Waals surface area contributed by atoms with E-state index in [2.05, 4.69) is 32.0 Å². The maximum absolute atomic E-state index is 6.69. The number of nitrogens with zero attached hydrogens (tertiary/aromatic N) is 4. The number of ether oxygens (including phenoxy) is 1. The third-order valence-corrected chi connectivity index (χ3v) is 8.42. The van der Waals surface area contributed by atoms with Gasteiger partial charge in [0.1, 0.15) is 22.4 Å². The van der Waals surface area contributed by atoms with E-state index in [4.69, 9.17) is 33.5 Å². The van der Waals surface area contributed by atoms with Crippen LogP contribution in [0.15, 0.2) is 46.6 Å². The minimum absolute atomic E-state index is 0.0346. The molecule has 0 radical (unpaired) electrons. The van der Waals surface area contributed by atoms with Gasteiger partial charge >= 0.3 is 0 Å². The minimum atomic E-state index is -0.0346. The third kappa shape index (κ3) is 3.74. The van der Waals surface area contributed by atoms with Crippen molar-refractivity contribution >= 4 is 40.8 Å². The lowest BCUT2D eigenvalue weighted by Crippen LogP contribution is -2.50. The number of hydrogen-bond acceptors (Lipinski definition) is 9. The first kappa shape index (κ1) is 22.1. The molecule has 1 atom stereocenters. The highest BCUT2D eigenvalue weighted by molar-refractivity contribution is 7.99. The highest BCUT2D eigenvalue weighted by Gasteiger charge is 2.47. The van der Waals surface area contributed by atoms with Gasteiger partial charge in [0.15, 0.2) is 5.82 Å². The molecular weight excluding hydrogens is 458 g/mol. The van der Waals surface area contributed by atoms with Crippen molar-refractivity contribution < 1.29 is 4.74 Å². The average Bonchev–Trinajstić information content (AvgIpc) is 3.09. The quantitative estimate of drug-likeness (QED) is 0.511. The molecule has 0 saturated carbocycles. The number of pyridine rings is 1. The Hall–Kier alpha value is -2.75. The van der Waals surface area contributed by atoms with Crippen LogP contribution in [0.25, 0.3) is 0 Å². The van der Waals surface area contributed by atoms with Gasteiger partial charge in [-0.3, -0.25) is 0 Å². The fourth-order valence-electron chi connectivity index (χ4n) is 5.06. The molecule has 0 amide bonds. The van der Waals surface area contributed by atoms with Gasteiger partial charge in [0.25, 0.3) is 0 Å². The summed E-state index contributed by atoms with van der Waals surface area (Å²) in [5.41, 5.74) is 21.3. The maximum atomic E-state index is 6.69. The van der Waals surface area contributed by atoms with Crippen LogP contribution in [0.2, 0.25) is 5.02 Å². The second kappa shape index (κ2) is 8.55. The molecule has 8 nitrogen and oxygen atoms in total. The number of anilines is 3. The molecule has 1 aliphatic heterocycles. The molecule has 1 aliphatic carbocycles. The average molecular weight is 484 g/mol. The summed E-state index contributed by atoms with van der Waals surface area (Å²) in [5.74, 6) is 2.34. The monoisotopic (exact) mass is 483 g/mol. The van der Waals surface area contributed by atoms with E-state index in [0.29, 0.717) is 15.9 Å². The molecule has 1 fully saturated rings. The zero-order valence-electron chi connectivity index (χ0n) is 18.3. The van der Waals surface area contributed by atoms with E-state index in [1.807, 2.05) is 6.07 Å². The lowest BCUT2D eigenvalue weighted by atomic mass is 9.71. The maximum Gasteiger partial charge on any atom is 0.158 e. The van der Waals surface area contributed by atoms with E-state index in [1.54, 1.807) is 25.6 Å². The summed E-state index contributed by atoms with van der Waals surface area (Å²) >= 11 is 7.58. The number of nitrogens with two attached hydrogens (primary N) is 3. The van der Waals surface area contributed by atoms with Crippen molar-refractivity contribution in [3.05, 3.63) is 52.8 Å². The number of methoxy groups -OCH3 is 1. The molecular formula is C23H26ClN7OS. The molecule has 5 rings (SSSR count). The highest BCUT2D eigenvalue weighted by atomic mass is 35.5. The molecule has 6 N–H and O–H groups in total. The Bertz CT molecular complexity index is 1200. The van der Waals surface area contributed by atoms with Crippen LogP contribution in [0.5, 0.6) is 5.75 Å². The number of hydrogen-bond donors (Lipinski definition) is 3. The number of halogens is 1. The van der Waals surface area contributed by atoms with Gasteiger partial charge in [-0.1, -0.05) is 35.5 Å². The van der Waals surface area contributed by atoms with Gasteiger partial charge < -0.3 is 26.8 Å². The summed E-state index contributed by atoms with van der Waals surface area (Å²) < 4.78 is 5.59. The van der Waals surface area contributed by atoms with Crippen LogP contribution in [0.1, 0.15) is 24.0 Å². The number of rotatable bonds is 4. The Kier molecular flexibility index (Phi) is 5.72. The van der Waals surface area contributed by atoms with E-state index < -0.39 is 0 Å². The molecule has 1 saturated heterocycles. The van der Waals surface area contributed by atoms with Crippen molar-refractivity contribution in [3.63, 3.8) is 0 Å². The van der Waals surface area contributed by atoms with Crippen molar-refractivity contribution in [1.29, 1.82) is 0 Å². The Morgan fingerprint density at radius 1 is 1.15 bits per heavy atom. The standard InChI is InChI=1S/C23H26ClN7OS/c1-32-15-4-2-3-14-13(15)11-17(25)23(14)6-9-31(10-7-23)18-12-29-22(21(27)30-18)33-16-5-8-28-20(26)19(16)24/h2-5,8,12,17H,6-7,9-11,25H2,1H3,(H2,26,28)(H2,27,30)/t17-/m1/s1. The van der Waals surface area contributed by atoms with Crippen LogP contribution in [0, 0.1) is 0 Å². The van der Waals surface area contributed by atoms with Crippen LogP contribution in [-0.2, 0) is 11.8 Å². The van der Waals surface area contributed by atoms with Gasteiger partial charge in [0.2, 0.25) is 0 Å². The Morgan fingerprint density at radius 3 is 2.67 bits per heavy atom. The normalized spacial score (nSPS) is 19.0. The summed E-state index contributed by atoms with van der Waals surface area (Å²) in [6.45, 7) is 1.66. The lowest BCUT2D eigenvalue weighted by Gasteiger charge is -2.43. The van der Waals surface area contributed by atoms with Crippen molar-refractivity contribution in [2.24, 2.45) is 5.73 Å². The summed E-state index contributed by atoms with van der Waals surface area (Å²) in [4.78, 5) is 16.1. The van der Waals surface area contributed by atoms with Crippen LogP contribution in [0.3, 0.4) is 0 Å². The fraction of sp³-hybridized carbons (Fsp3) is 0.348. The van der Waals surface area contributed by atoms with Gasteiger partial charge in [0, 0.05) is 35.6 Å². The molecule has 2 aromatic heterocycles. The summed E-state index contributed by atoms with van der Waals surface area (Å²) in [6, 6.07) is 8.15. The smallest absolute Gasteiger partial charge is 0.158 e. The molecule has 33 heavy (non-hydrogen) atoms. The van der Waals surface area contributed by atoms with Crippen LogP contribution >= 0.6 is 23.4 Å². The van der Waals surface area contributed by atoms with Crippen molar-refractivity contribution in [1.82, 2.24) is 15.0 Å². The number of aromatic nitrogens is 3. The Morgan fingerprint density at radius 2 is 1.94 bits per heavy atom. The SMILES string of the molecule is COc1cccc2c1C[C@@H](N)C21CCN(c2cnc(Sc3ccnc(N)c3Cl)c(N)n2)CC1. The van der Waals surface area contributed by atoms with E-state index in [1.165, 1.54) is 22.9 Å². The molecule has 3 heterocycles. The van der Waals surface area contributed by atoms with Crippen LogP contribution in [0.4, 0.5) is 17.5 Å². The van der Waals surface area contributed by atoms with E-state index >= 15 is 0 Å². The van der Waals surface area contributed by atoms with Gasteiger partial charge in [0.05, 0.1) is 18.3 Å². The molecule has 10 heteroatoms. The van der Waals surface area contributed by atoms with Gasteiger partial charge in [-0.25, -0.2) is 15.0 Å². The Labute approximate surface area is 201 Å². The predicted octanol–water partition coefficient (Wildman–Crippen LogP) is 3.27. The van der Waals surface area contributed by atoms with E-state index in [-0.39, 0.29) is 17.3 Å². The highest BCUT2D eigenvalue weighted by Crippen LogP contribution is 2.48. The van der Waals surface area contributed by atoms with E-state index in [9.17, 15) is 0 Å². The van der Waals surface area contributed by atoms with Gasteiger partial charge in [-0.05, 0) is 42.5 Å². The van der Waals surface area contributed by atoms with Crippen molar-refractivity contribution in [3.8, 4) is 5.75 Å². The second-order valence-corrected chi connectivity index (χ2v) is 9.88. The van der Waals surface area contributed by atoms with Gasteiger partial charge in [-0.15, -0.1) is 0 Å².